The molecular weight excluding hydrogens is 228 g/mol. The van der Waals surface area contributed by atoms with Crippen LogP contribution in [0.15, 0.2) is 30.3 Å². The lowest BCUT2D eigenvalue weighted by atomic mass is 10.1. The summed E-state index contributed by atoms with van der Waals surface area (Å²) in [6.45, 7) is 2.19. The van der Waals surface area contributed by atoms with Gasteiger partial charge >= 0.3 is 0 Å². The largest absolute Gasteiger partial charge is 0.395 e. The number of aliphatic hydroxyl groups excluding tert-OH is 1. The van der Waals surface area contributed by atoms with E-state index < -0.39 is 0 Å². The van der Waals surface area contributed by atoms with Gasteiger partial charge in [-0.15, -0.1) is 0 Å². The van der Waals surface area contributed by atoms with Crippen LogP contribution in [0.3, 0.4) is 0 Å². The van der Waals surface area contributed by atoms with E-state index in [4.69, 9.17) is 5.11 Å². The van der Waals surface area contributed by atoms with Crippen LogP contribution in [-0.4, -0.2) is 42.2 Å². The Morgan fingerprint density at radius 3 is 2.72 bits per heavy atom. The van der Waals surface area contributed by atoms with Gasteiger partial charge in [0.15, 0.2) is 0 Å². The van der Waals surface area contributed by atoms with E-state index in [-0.39, 0.29) is 18.6 Å². The number of likely N-dealkylation sites (tertiary alicyclic amines) is 1. The molecule has 0 spiro atoms. The molecule has 18 heavy (non-hydrogen) atoms. The number of hydrogen-bond donors (Lipinski definition) is 2. The second-order valence-electron chi connectivity index (χ2n) is 4.58. The van der Waals surface area contributed by atoms with Gasteiger partial charge in [0.25, 0.3) is 0 Å². The van der Waals surface area contributed by atoms with Crippen LogP contribution in [0, 0.1) is 0 Å². The van der Waals surface area contributed by atoms with Crippen molar-refractivity contribution in [1.29, 1.82) is 0 Å². The van der Waals surface area contributed by atoms with Crippen LogP contribution in [0.5, 0.6) is 0 Å². The second-order valence-corrected chi connectivity index (χ2v) is 4.58. The van der Waals surface area contributed by atoms with Crippen molar-refractivity contribution in [2.75, 3.05) is 26.2 Å². The summed E-state index contributed by atoms with van der Waals surface area (Å²) in [6.07, 6.45) is 1.63. The Bertz CT molecular complexity index is 381. The minimum absolute atomic E-state index is 0.0976. The molecule has 4 heteroatoms. The molecule has 1 heterocycles. The summed E-state index contributed by atoms with van der Waals surface area (Å²) < 4.78 is 0. The highest BCUT2D eigenvalue weighted by molar-refractivity contribution is 5.78. The van der Waals surface area contributed by atoms with Crippen LogP contribution in [0.4, 0.5) is 0 Å². The normalized spacial score (nSPS) is 17.2. The molecule has 0 aromatic heterocycles. The first-order valence-corrected chi connectivity index (χ1v) is 6.48. The maximum atomic E-state index is 11.7. The molecule has 1 fully saturated rings. The van der Waals surface area contributed by atoms with E-state index in [1.54, 1.807) is 0 Å². The van der Waals surface area contributed by atoms with Gasteiger partial charge in [-0.3, -0.25) is 4.79 Å². The van der Waals surface area contributed by atoms with E-state index in [0.717, 1.165) is 18.5 Å². The zero-order chi connectivity index (χ0) is 12.8. The Morgan fingerprint density at radius 2 is 2.11 bits per heavy atom. The molecule has 0 saturated carbocycles. The Hall–Kier alpha value is -1.39. The van der Waals surface area contributed by atoms with Crippen molar-refractivity contribution in [3.05, 3.63) is 35.9 Å². The molecule has 0 bridgehead atoms. The van der Waals surface area contributed by atoms with Gasteiger partial charge in [0.2, 0.25) is 5.91 Å². The van der Waals surface area contributed by atoms with Gasteiger partial charge in [0.05, 0.1) is 6.61 Å². The minimum Gasteiger partial charge on any atom is -0.395 e. The molecule has 0 radical (unpaired) electrons. The zero-order valence-corrected chi connectivity index (χ0v) is 10.5. The van der Waals surface area contributed by atoms with Gasteiger partial charge < -0.3 is 15.3 Å². The number of nitrogens with one attached hydrogen (secondary N) is 1. The Labute approximate surface area is 108 Å². The summed E-state index contributed by atoms with van der Waals surface area (Å²) in [6, 6.07) is 10.2. The lowest BCUT2D eigenvalue weighted by molar-refractivity contribution is -0.128. The average molecular weight is 248 g/mol. The molecule has 4 nitrogen and oxygen atoms in total. The fourth-order valence-corrected chi connectivity index (χ4v) is 2.33. The Balaban J connectivity index is 2.03. The van der Waals surface area contributed by atoms with Crippen LogP contribution < -0.4 is 5.32 Å². The molecule has 1 saturated heterocycles. The molecule has 1 aliphatic rings. The highest BCUT2D eigenvalue weighted by atomic mass is 16.3. The van der Waals surface area contributed by atoms with E-state index in [1.165, 1.54) is 0 Å². The van der Waals surface area contributed by atoms with Gasteiger partial charge in [-0.1, -0.05) is 30.3 Å². The molecule has 2 N–H and O–H groups in total. The standard InChI is InChI=1S/C14H20N2O2/c17-10-8-15-13(12-5-2-1-3-6-12)11-16-9-4-7-14(16)18/h1-3,5-6,13,15,17H,4,7-11H2. The number of nitrogens with zero attached hydrogens (tertiary/aromatic N) is 1. The van der Waals surface area contributed by atoms with Crippen LogP contribution in [0.1, 0.15) is 24.4 Å². The van der Waals surface area contributed by atoms with Crippen molar-refractivity contribution in [2.45, 2.75) is 18.9 Å². The summed E-state index contributed by atoms with van der Waals surface area (Å²) in [5.41, 5.74) is 1.16. The van der Waals surface area contributed by atoms with E-state index >= 15 is 0 Å². The number of carbonyl (C=O) groups is 1. The summed E-state index contributed by atoms with van der Waals surface area (Å²) in [4.78, 5) is 13.6. The molecular formula is C14H20N2O2. The molecule has 1 amide bonds. The minimum atomic E-state index is 0.0976. The Kier molecular flexibility index (Phi) is 4.73. The van der Waals surface area contributed by atoms with E-state index in [0.29, 0.717) is 19.5 Å². The number of carbonyl (C=O) groups excluding carboxylic acids is 1. The van der Waals surface area contributed by atoms with Crippen molar-refractivity contribution in [1.82, 2.24) is 10.2 Å². The number of aliphatic hydroxyl groups is 1. The maximum absolute atomic E-state index is 11.7. The van der Waals surface area contributed by atoms with Crippen molar-refractivity contribution in [2.24, 2.45) is 0 Å². The molecule has 1 aromatic carbocycles. The van der Waals surface area contributed by atoms with Crippen molar-refractivity contribution < 1.29 is 9.90 Å². The lowest BCUT2D eigenvalue weighted by Gasteiger charge is -2.25. The van der Waals surface area contributed by atoms with Gasteiger partial charge in [0.1, 0.15) is 0 Å². The van der Waals surface area contributed by atoms with Crippen molar-refractivity contribution >= 4 is 5.91 Å². The topological polar surface area (TPSA) is 52.6 Å². The third-order valence-corrected chi connectivity index (χ3v) is 3.28. The molecule has 1 atom stereocenters. The monoisotopic (exact) mass is 248 g/mol. The fourth-order valence-electron chi connectivity index (χ4n) is 2.33. The average Bonchev–Trinajstić information content (AvgIpc) is 2.81. The first-order chi connectivity index (χ1) is 8.81. The first-order valence-electron chi connectivity index (χ1n) is 6.48. The van der Waals surface area contributed by atoms with Crippen LogP contribution in [-0.2, 0) is 4.79 Å². The summed E-state index contributed by atoms with van der Waals surface area (Å²) in [5.74, 6) is 0.238. The fraction of sp³-hybridized carbons (Fsp3) is 0.500. The van der Waals surface area contributed by atoms with Gasteiger partial charge in [0, 0.05) is 32.1 Å². The zero-order valence-electron chi connectivity index (χ0n) is 10.5. The SMILES string of the molecule is O=C1CCCN1CC(NCCO)c1ccccc1. The smallest absolute Gasteiger partial charge is 0.222 e. The van der Waals surface area contributed by atoms with E-state index in [9.17, 15) is 4.79 Å². The molecule has 1 aliphatic heterocycles. The number of hydrogen-bond acceptors (Lipinski definition) is 3. The van der Waals surface area contributed by atoms with Gasteiger partial charge in [-0.2, -0.15) is 0 Å². The van der Waals surface area contributed by atoms with Gasteiger partial charge in [-0.05, 0) is 12.0 Å². The van der Waals surface area contributed by atoms with Crippen LogP contribution >= 0.6 is 0 Å². The van der Waals surface area contributed by atoms with Crippen molar-refractivity contribution in [3.8, 4) is 0 Å². The van der Waals surface area contributed by atoms with E-state index in [2.05, 4.69) is 17.4 Å². The summed E-state index contributed by atoms with van der Waals surface area (Å²) in [5, 5.41) is 12.2. The lowest BCUT2D eigenvalue weighted by Crippen LogP contribution is -2.37. The Morgan fingerprint density at radius 1 is 1.33 bits per heavy atom. The predicted molar refractivity (Wildman–Crippen MR) is 70.1 cm³/mol. The number of amides is 1. The van der Waals surface area contributed by atoms with Crippen molar-refractivity contribution in [3.63, 3.8) is 0 Å². The summed E-state index contributed by atoms with van der Waals surface area (Å²) in [7, 11) is 0. The predicted octanol–water partition coefficient (Wildman–Crippen LogP) is 0.932. The number of benzene rings is 1. The highest BCUT2D eigenvalue weighted by Gasteiger charge is 2.23. The van der Waals surface area contributed by atoms with Crippen LogP contribution in [0.25, 0.3) is 0 Å². The molecule has 0 aliphatic carbocycles. The first kappa shape index (κ1) is 13.1. The molecule has 1 aromatic rings. The maximum Gasteiger partial charge on any atom is 0.222 e. The summed E-state index contributed by atoms with van der Waals surface area (Å²) >= 11 is 0. The third-order valence-electron chi connectivity index (χ3n) is 3.28. The van der Waals surface area contributed by atoms with Crippen LogP contribution in [0.2, 0.25) is 0 Å². The molecule has 1 unspecified atom stereocenters. The highest BCUT2D eigenvalue weighted by Crippen LogP contribution is 2.18. The van der Waals surface area contributed by atoms with Gasteiger partial charge in [-0.25, -0.2) is 0 Å². The number of rotatable bonds is 6. The quantitative estimate of drug-likeness (QED) is 0.787. The second kappa shape index (κ2) is 6.52. The van der Waals surface area contributed by atoms with E-state index in [1.807, 2.05) is 23.1 Å². The molecule has 98 valence electrons. The third kappa shape index (κ3) is 3.31. The molecule has 2 rings (SSSR count).